The van der Waals surface area contributed by atoms with Gasteiger partial charge >= 0.3 is 0 Å². The summed E-state index contributed by atoms with van der Waals surface area (Å²) in [5, 5.41) is 0.755. The molecule has 0 saturated carbocycles. The number of pyridine rings is 1. The molecule has 2 aromatic rings. The Bertz CT molecular complexity index is 516. The summed E-state index contributed by atoms with van der Waals surface area (Å²) in [6.07, 6.45) is 4.23. The molecule has 88 valence electrons. The molecule has 0 radical (unpaired) electrons. The standard InChI is InChI=1S/C13H12BrClN2/c14-11-5-10(7-17-8-11)13(16)6-9-3-1-2-4-12(9)15/h1-5,7-8,13H,6,16H2. The predicted molar refractivity (Wildman–Crippen MR) is 74.0 cm³/mol. The van der Waals surface area contributed by atoms with Gasteiger partial charge in [0, 0.05) is 27.9 Å². The van der Waals surface area contributed by atoms with Crippen LogP contribution in [0.2, 0.25) is 5.02 Å². The van der Waals surface area contributed by atoms with Crippen molar-refractivity contribution in [2.75, 3.05) is 0 Å². The molecule has 1 heterocycles. The van der Waals surface area contributed by atoms with Crippen LogP contribution in [0.25, 0.3) is 0 Å². The van der Waals surface area contributed by atoms with E-state index in [4.69, 9.17) is 17.3 Å². The third-order valence-electron chi connectivity index (χ3n) is 2.55. The van der Waals surface area contributed by atoms with Gasteiger partial charge in [0.2, 0.25) is 0 Å². The molecule has 2 rings (SSSR count). The van der Waals surface area contributed by atoms with Crippen LogP contribution in [0.4, 0.5) is 0 Å². The maximum atomic E-state index is 6.15. The molecule has 0 amide bonds. The lowest BCUT2D eigenvalue weighted by molar-refractivity contribution is 0.717. The smallest absolute Gasteiger partial charge is 0.0438 e. The van der Waals surface area contributed by atoms with Crippen molar-refractivity contribution in [3.63, 3.8) is 0 Å². The van der Waals surface area contributed by atoms with Gasteiger partial charge in [0.25, 0.3) is 0 Å². The number of hydrogen-bond acceptors (Lipinski definition) is 2. The first-order valence-corrected chi connectivity index (χ1v) is 6.43. The lowest BCUT2D eigenvalue weighted by Gasteiger charge is -2.13. The van der Waals surface area contributed by atoms with Gasteiger partial charge in [-0.05, 0) is 45.6 Å². The Balaban J connectivity index is 2.17. The molecule has 0 bridgehead atoms. The van der Waals surface area contributed by atoms with E-state index in [0.29, 0.717) is 6.42 Å². The normalized spacial score (nSPS) is 12.4. The number of rotatable bonds is 3. The summed E-state index contributed by atoms with van der Waals surface area (Å²) in [6.45, 7) is 0. The molecule has 0 fully saturated rings. The van der Waals surface area contributed by atoms with Gasteiger partial charge in [-0.25, -0.2) is 0 Å². The molecule has 1 unspecified atom stereocenters. The van der Waals surface area contributed by atoms with Crippen LogP contribution in [0.15, 0.2) is 47.2 Å². The van der Waals surface area contributed by atoms with Crippen molar-refractivity contribution in [1.29, 1.82) is 0 Å². The van der Waals surface area contributed by atoms with Crippen molar-refractivity contribution in [2.24, 2.45) is 5.73 Å². The number of nitrogens with two attached hydrogens (primary N) is 1. The van der Waals surface area contributed by atoms with E-state index >= 15 is 0 Å². The maximum absolute atomic E-state index is 6.15. The van der Waals surface area contributed by atoms with Crippen LogP contribution in [-0.4, -0.2) is 4.98 Å². The van der Waals surface area contributed by atoms with Crippen molar-refractivity contribution in [3.8, 4) is 0 Å². The van der Waals surface area contributed by atoms with E-state index in [9.17, 15) is 0 Å². The Hall–Kier alpha value is -0.900. The summed E-state index contributed by atoms with van der Waals surface area (Å²) < 4.78 is 0.935. The summed E-state index contributed by atoms with van der Waals surface area (Å²) >= 11 is 9.49. The summed E-state index contributed by atoms with van der Waals surface area (Å²) in [4.78, 5) is 4.11. The second-order valence-electron chi connectivity index (χ2n) is 3.84. The number of nitrogens with zero attached hydrogens (tertiary/aromatic N) is 1. The zero-order valence-corrected chi connectivity index (χ0v) is 11.4. The molecule has 0 saturated heterocycles. The average molecular weight is 312 g/mol. The van der Waals surface area contributed by atoms with E-state index in [1.54, 1.807) is 12.4 Å². The highest BCUT2D eigenvalue weighted by Crippen LogP contribution is 2.22. The minimum absolute atomic E-state index is 0.0973. The Kier molecular flexibility index (Phi) is 4.15. The van der Waals surface area contributed by atoms with Crippen molar-refractivity contribution in [2.45, 2.75) is 12.5 Å². The first-order valence-electron chi connectivity index (χ1n) is 5.26. The fourth-order valence-corrected chi connectivity index (χ4v) is 2.25. The molecule has 1 aromatic heterocycles. The third-order valence-corrected chi connectivity index (χ3v) is 3.35. The van der Waals surface area contributed by atoms with Crippen LogP contribution in [0.5, 0.6) is 0 Å². The number of halogens is 2. The Morgan fingerprint density at radius 1 is 1.29 bits per heavy atom. The molecular weight excluding hydrogens is 300 g/mol. The summed E-state index contributed by atoms with van der Waals surface area (Å²) in [5.74, 6) is 0. The average Bonchev–Trinajstić information content (AvgIpc) is 2.32. The Morgan fingerprint density at radius 3 is 2.76 bits per heavy atom. The van der Waals surface area contributed by atoms with Gasteiger partial charge in [0.05, 0.1) is 0 Å². The molecule has 1 aromatic carbocycles. The summed E-state index contributed by atoms with van der Waals surface area (Å²) in [6, 6.07) is 9.63. The molecule has 0 spiro atoms. The third kappa shape index (κ3) is 3.28. The fraction of sp³-hybridized carbons (Fsp3) is 0.154. The predicted octanol–water partition coefficient (Wildman–Crippen LogP) is 3.74. The van der Waals surface area contributed by atoms with E-state index in [-0.39, 0.29) is 6.04 Å². The fourth-order valence-electron chi connectivity index (χ4n) is 1.65. The van der Waals surface area contributed by atoms with E-state index in [1.807, 2.05) is 30.3 Å². The maximum Gasteiger partial charge on any atom is 0.0438 e. The zero-order valence-electron chi connectivity index (χ0n) is 9.11. The van der Waals surface area contributed by atoms with E-state index in [0.717, 1.165) is 20.6 Å². The molecule has 2 N–H and O–H groups in total. The van der Waals surface area contributed by atoms with Gasteiger partial charge in [0.1, 0.15) is 0 Å². The number of aromatic nitrogens is 1. The highest BCUT2D eigenvalue weighted by molar-refractivity contribution is 9.10. The molecule has 17 heavy (non-hydrogen) atoms. The molecule has 0 aliphatic rings. The van der Waals surface area contributed by atoms with Crippen LogP contribution in [0.3, 0.4) is 0 Å². The zero-order chi connectivity index (χ0) is 12.3. The van der Waals surface area contributed by atoms with E-state index in [1.165, 1.54) is 0 Å². The van der Waals surface area contributed by atoms with Crippen molar-refractivity contribution in [1.82, 2.24) is 4.98 Å². The van der Waals surface area contributed by atoms with Crippen LogP contribution >= 0.6 is 27.5 Å². The molecule has 2 nitrogen and oxygen atoms in total. The minimum Gasteiger partial charge on any atom is -0.324 e. The van der Waals surface area contributed by atoms with Gasteiger partial charge in [0.15, 0.2) is 0 Å². The summed E-state index contributed by atoms with van der Waals surface area (Å²) in [7, 11) is 0. The molecule has 0 aliphatic carbocycles. The molecule has 0 aliphatic heterocycles. The van der Waals surface area contributed by atoms with Crippen molar-refractivity contribution < 1.29 is 0 Å². The van der Waals surface area contributed by atoms with Crippen molar-refractivity contribution in [3.05, 3.63) is 63.3 Å². The van der Waals surface area contributed by atoms with Gasteiger partial charge in [-0.1, -0.05) is 29.8 Å². The largest absolute Gasteiger partial charge is 0.324 e. The van der Waals surface area contributed by atoms with E-state index in [2.05, 4.69) is 20.9 Å². The monoisotopic (exact) mass is 310 g/mol. The highest BCUT2D eigenvalue weighted by Gasteiger charge is 2.09. The van der Waals surface area contributed by atoms with Gasteiger partial charge in [-0.3, -0.25) is 4.98 Å². The lowest BCUT2D eigenvalue weighted by atomic mass is 10.0. The van der Waals surface area contributed by atoms with Crippen LogP contribution in [-0.2, 0) is 6.42 Å². The minimum atomic E-state index is -0.0973. The number of hydrogen-bond donors (Lipinski definition) is 1. The van der Waals surface area contributed by atoms with Crippen LogP contribution in [0, 0.1) is 0 Å². The van der Waals surface area contributed by atoms with Gasteiger partial charge < -0.3 is 5.73 Å². The van der Waals surface area contributed by atoms with Crippen LogP contribution < -0.4 is 5.73 Å². The quantitative estimate of drug-likeness (QED) is 0.938. The SMILES string of the molecule is NC(Cc1ccccc1Cl)c1cncc(Br)c1. The highest BCUT2D eigenvalue weighted by atomic mass is 79.9. The molecule has 1 atom stereocenters. The first kappa shape index (κ1) is 12.6. The van der Waals surface area contributed by atoms with Crippen LogP contribution in [0.1, 0.15) is 17.2 Å². The van der Waals surface area contributed by atoms with Gasteiger partial charge in [-0.2, -0.15) is 0 Å². The molecular formula is C13H12BrClN2. The second-order valence-corrected chi connectivity index (χ2v) is 5.16. The van der Waals surface area contributed by atoms with Gasteiger partial charge in [-0.15, -0.1) is 0 Å². The summed E-state index contributed by atoms with van der Waals surface area (Å²) in [5.41, 5.74) is 8.20. The second kappa shape index (κ2) is 5.63. The van der Waals surface area contributed by atoms with Crippen molar-refractivity contribution >= 4 is 27.5 Å². The van der Waals surface area contributed by atoms with E-state index < -0.39 is 0 Å². The Labute approximate surface area is 114 Å². The number of benzene rings is 1. The first-order chi connectivity index (χ1) is 8.16. The topological polar surface area (TPSA) is 38.9 Å². The Morgan fingerprint density at radius 2 is 2.06 bits per heavy atom. The lowest BCUT2D eigenvalue weighted by Crippen LogP contribution is -2.13. The molecule has 4 heteroatoms.